The van der Waals surface area contributed by atoms with Crippen molar-refractivity contribution < 1.29 is 9.90 Å². The van der Waals surface area contributed by atoms with E-state index in [0.717, 1.165) is 31.3 Å². The predicted octanol–water partition coefficient (Wildman–Crippen LogP) is 1.33. The molecular formula is C10H18N2O2. The third-order valence-corrected chi connectivity index (χ3v) is 3.70. The molecule has 3 aliphatic rings. The molecule has 0 radical (unpaired) electrons. The minimum atomic E-state index is -0.893. The lowest BCUT2D eigenvalue weighted by molar-refractivity contribution is -0.0119. The van der Waals surface area contributed by atoms with Gasteiger partial charge >= 0.3 is 6.09 Å². The van der Waals surface area contributed by atoms with Gasteiger partial charge in [0.15, 0.2) is 0 Å². The fourth-order valence-corrected chi connectivity index (χ4v) is 2.89. The molecular weight excluding hydrogens is 180 g/mol. The van der Waals surface area contributed by atoms with Crippen molar-refractivity contribution in [2.75, 3.05) is 13.1 Å². The first-order chi connectivity index (χ1) is 6.70. The second-order valence-electron chi connectivity index (χ2n) is 4.41. The van der Waals surface area contributed by atoms with Crippen molar-refractivity contribution in [2.24, 2.45) is 11.8 Å². The van der Waals surface area contributed by atoms with Crippen LogP contribution in [0.5, 0.6) is 0 Å². The Kier molecular flexibility index (Phi) is 2.63. The maximum absolute atomic E-state index is 10.6. The summed E-state index contributed by atoms with van der Waals surface area (Å²) in [5.41, 5.74) is 0. The van der Waals surface area contributed by atoms with Gasteiger partial charge in [-0.3, -0.25) is 4.90 Å². The highest BCUT2D eigenvalue weighted by atomic mass is 16.4. The van der Waals surface area contributed by atoms with E-state index in [4.69, 9.17) is 5.11 Å². The van der Waals surface area contributed by atoms with E-state index in [9.17, 15) is 4.79 Å². The average molecular weight is 198 g/mol. The van der Waals surface area contributed by atoms with Crippen LogP contribution in [0.4, 0.5) is 4.79 Å². The van der Waals surface area contributed by atoms with Crippen LogP contribution in [0.25, 0.3) is 0 Å². The fraction of sp³-hybridized carbons (Fsp3) is 0.900. The monoisotopic (exact) mass is 198 g/mol. The summed E-state index contributed by atoms with van der Waals surface area (Å²) in [6.07, 6.45) is 2.66. The van der Waals surface area contributed by atoms with Crippen LogP contribution in [0.15, 0.2) is 0 Å². The fourth-order valence-electron chi connectivity index (χ4n) is 2.89. The Morgan fingerprint density at radius 2 is 2.43 bits per heavy atom. The van der Waals surface area contributed by atoms with Crippen LogP contribution in [-0.2, 0) is 0 Å². The highest BCUT2D eigenvalue weighted by Gasteiger charge is 2.39. The Hall–Kier alpha value is -0.770. The van der Waals surface area contributed by atoms with Crippen molar-refractivity contribution in [1.82, 2.24) is 10.2 Å². The first kappa shape index (κ1) is 9.77. The van der Waals surface area contributed by atoms with Crippen molar-refractivity contribution in [3.05, 3.63) is 0 Å². The summed E-state index contributed by atoms with van der Waals surface area (Å²) in [5, 5.41) is 11.3. The molecule has 0 aromatic heterocycles. The van der Waals surface area contributed by atoms with E-state index in [-0.39, 0.29) is 6.17 Å². The number of carboxylic acid groups (broad SMARTS) is 1. The molecule has 2 N–H and O–H groups in total. The largest absolute Gasteiger partial charge is 0.465 e. The molecule has 4 heteroatoms. The zero-order valence-electron chi connectivity index (χ0n) is 8.57. The normalized spacial score (nSPS) is 40.9. The Bertz CT molecular complexity index is 232. The van der Waals surface area contributed by atoms with E-state index >= 15 is 0 Å². The number of fused-ring (bicyclic) bond motifs is 3. The summed E-state index contributed by atoms with van der Waals surface area (Å²) in [7, 11) is 0. The van der Waals surface area contributed by atoms with Crippen LogP contribution in [0, 0.1) is 11.8 Å². The van der Waals surface area contributed by atoms with Crippen LogP contribution < -0.4 is 5.32 Å². The molecule has 3 fully saturated rings. The number of amides is 1. The molecule has 1 amide bonds. The predicted molar refractivity (Wildman–Crippen MR) is 53.0 cm³/mol. The van der Waals surface area contributed by atoms with E-state index in [1.54, 1.807) is 0 Å². The number of hydrogen-bond acceptors (Lipinski definition) is 2. The van der Waals surface area contributed by atoms with E-state index in [1.807, 2.05) is 0 Å². The van der Waals surface area contributed by atoms with Crippen molar-refractivity contribution in [3.8, 4) is 0 Å². The van der Waals surface area contributed by atoms with Crippen molar-refractivity contribution in [1.29, 1.82) is 0 Å². The zero-order chi connectivity index (χ0) is 10.1. The van der Waals surface area contributed by atoms with Gasteiger partial charge < -0.3 is 10.4 Å². The van der Waals surface area contributed by atoms with Gasteiger partial charge in [-0.15, -0.1) is 0 Å². The lowest BCUT2D eigenvalue weighted by Gasteiger charge is -2.49. The first-order valence-corrected chi connectivity index (χ1v) is 5.44. The summed E-state index contributed by atoms with van der Waals surface area (Å²) >= 11 is 0. The minimum Gasteiger partial charge on any atom is -0.465 e. The van der Waals surface area contributed by atoms with Crippen LogP contribution >= 0.6 is 0 Å². The van der Waals surface area contributed by atoms with Gasteiger partial charge in [0.05, 0.1) is 6.17 Å². The van der Waals surface area contributed by atoms with E-state index < -0.39 is 6.09 Å². The van der Waals surface area contributed by atoms with Gasteiger partial charge in [0.2, 0.25) is 0 Å². The molecule has 0 aromatic rings. The molecule has 3 saturated heterocycles. The lowest BCUT2D eigenvalue weighted by Crippen LogP contribution is -2.59. The van der Waals surface area contributed by atoms with Gasteiger partial charge in [0.25, 0.3) is 0 Å². The SMILES string of the molecule is CC[C@H]1CN2CC[C@H]1C[C@H]2NC(=O)O. The third-order valence-electron chi connectivity index (χ3n) is 3.70. The summed E-state index contributed by atoms with van der Waals surface area (Å²) in [6, 6.07) is 0. The van der Waals surface area contributed by atoms with E-state index in [2.05, 4.69) is 17.1 Å². The van der Waals surface area contributed by atoms with Crippen LogP contribution in [0.3, 0.4) is 0 Å². The lowest BCUT2D eigenvalue weighted by atomic mass is 9.76. The number of nitrogens with one attached hydrogen (secondary N) is 1. The number of piperidine rings is 3. The Morgan fingerprint density at radius 1 is 1.64 bits per heavy atom. The Labute approximate surface area is 84.3 Å². The van der Waals surface area contributed by atoms with Gasteiger partial charge in [0, 0.05) is 13.1 Å². The van der Waals surface area contributed by atoms with Crippen molar-refractivity contribution in [2.45, 2.75) is 32.4 Å². The van der Waals surface area contributed by atoms with Crippen LogP contribution in [0.2, 0.25) is 0 Å². The summed E-state index contributed by atoms with van der Waals surface area (Å²) in [5.74, 6) is 1.53. The molecule has 3 aliphatic heterocycles. The summed E-state index contributed by atoms with van der Waals surface area (Å²) < 4.78 is 0. The van der Waals surface area contributed by atoms with Gasteiger partial charge in [-0.05, 0) is 24.7 Å². The van der Waals surface area contributed by atoms with E-state index in [0.29, 0.717) is 0 Å². The molecule has 80 valence electrons. The second-order valence-corrected chi connectivity index (χ2v) is 4.41. The van der Waals surface area contributed by atoms with Gasteiger partial charge in [0.1, 0.15) is 0 Å². The molecule has 0 aromatic carbocycles. The standard InChI is InChI=1S/C10H18N2O2/c1-2-7-6-12-4-3-8(7)5-9(12)11-10(13)14/h7-9,11H,2-6H2,1H3,(H,13,14)/t7-,8-,9-/m0/s1. The maximum Gasteiger partial charge on any atom is 0.405 e. The number of carbonyl (C=O) groups is 1. The molecule has 4 atom stereocenters. The molecule has 14 heavy (non-hydrogen) atoms. The van der Waals surface area contributed by atoms with Crippen molar-refractivity contribution >= 4 is 6.09 Å². The number of nitrogens with zero attached hydrogens (tertiary/aromatic N) is 1. The molecule has 3 heterocycles. The summed E-state index contributed by atoms with van der Waals surface area (Å²) in [4.78, 5) is 12.8. The molecule has 0 spiro atoms. The molecule has 3 rings (SSSR count). The molecule has 2 bridgehead atoms. The third kappa shape index (κ3) is 1.71. The molecule has 1 unspecified atom stereocenters. The van der Waals surface area contributed by atoms with Crippen LogP contribution in [0.1, 0.15) is 26.2 Å². The highest BCUT2D eigenvalue weighted by Crippen LogP contribution is 2.36. The molecule has 0 saturated carbocycles. The van der Waals surface area contributed by atoms with E-state index in [1.165, 1.54) is 12.8 Å². The smallest absolute Gasteiger partial charge is 0.405 e. The first-order valence-electron chi connectivity index (χ1n) is 5.44. The zero-order valence-corrected chi connectivity index (χ0v) is 8.57. The van der Waals surface area contributed by atoms with Crippen LogP contribution in [-0.4, -0.2) is 35.4 Å². The molecule has 0 aliphatic carbocycles. The number of hydrogen-bond donors (Lipinski definition) is 2. The van der Waals surface area contributed by atoms with Crippen molar-refractivity contribution in [3.63, 3.8) is 0 Å². The highest BCUT2D eigenvalue weighted by molar-refractivity contribution is 5.64. The van der Waals surface area contributed by atoms with Gasteiger partial charge in [-0.2, -0.15) is 0 Å². The van der Waals surface area contributed by atoms with Gasteiger partial charge in [-0.1, -0.05) is 13.3 Å². The Balaban J connectivity index is 1.97. The second kappa shape index (κ2) is 3.77. The Morgan fingerprint density at radius 3 is 2.93 bits per heavy atom. The average Bonchev–Trinajstić information content (AvgIpc) is 2.17. The minimum absolute atomic E-state index is 0.0778. The molecule has 4 nitrogen and oxygen atoms in total. The maximum atomic E-state index is 10.6. The summed E-state index contributed by atoms with van der Waals surface area (Å²) in [6.45, 7) is 4.37. The quantitative estimate of drug-likeness (QED) is 0.704. The van der Waals surface area contributed by atoms with Gasteiger partial charge in [-0.25, -0.2) is 4.79 Å². The topological polar surface area (TPSA) is 52.6 Å². The number of rotatable bonds is 2.